The van der Waals surface area contributed by atoms with Crippen molar-refractivity contribution in [2.45, 2.75) is 123 Å². The molecule has 3 N–H and O–H groups in total. The zero-order valence-corrected chi connectivity index (χ0v) is 28.3. The van der Waals surface area contributed by atoms with Crippen LogP contribution in [0.25, 0.3) is 0 Å². The van der Waals surface area contributed by atoms with Gasteiger partial charge in [-0.25, -0.2) is 27.9 Å². The Hall–Kier alpha value is -1.98. The molecule has 1 aromatic heterocycles. The molecule has 4 fully saturated rings. The summed E-state index contributed by atoms with van der Waals surface area (Å²) in [5.74, 6) is 1.98. The molecular formula is C33H53N3O7S. The van der Waals surface area contributed by atoms with Crippen LogP contribution in [0.1, 0.15) is 99.8 Å². The average molecular weight is 636 g/mol. The highest BCUT2D eigenvalue weighted by Crippen LogP contribution is 2.69. The van der Waals surface area contributed by atoms with Gasteiger partial charge < -0.3 is 19.7 Å². The smallest absolute Gasteiger partial charge is 0.421 e. The number of aliphatic hydroxyl groups is 2. The van der Waals surface area contributed by atoms with Crippen molar-refractivity contribution in [3.8, 4) is 6.01 Å². The van der Waals surface area contributed by atoms with Gasteiger partial charge in [-0.1, -0.05) is 34.1 Å². The van der Waals surface area contributed by atoms with Gasteiger partial charge in [0.25, 0.3) is 10.0 Å². The molecule has 0 unspecified atom stereocenters. The Kier molecular flexibility index (Phi) is 9.10. The maximum absolute atomic E-state index is 12.8. The summed E-state index contributed by atoms with van der Waals surface area (Å²) in [5.41, 5.74) is -0.381. The fraction of sp³-hybridized carbons (Fsp3) is 0.848. The summed E-state index contributed by atoms with van der Waals surface area (Å²) < 4.78 is 38.5. The van der Waals surface area contributed by atoms with Gasteiger partial charge in [0, 0.05) is 0 Å². The van der Waals surface area contributed by atoms with E-state index >= 15 is 0 Å². The Balaban J connectivity index is 1.22. The highest BCUT2D eigenvalue weighted by molar-refractivity contribution is 7.90. The molecule has 1 amide bonds. The van der Waals surface area contributed by atoms with Gasteiger partial charge in [-0.3, -0.25) is 0 Å². The topological polar surface area (TPSA) is 148 Å². The molecule has 11 heteroatoms. The summed E-state index contributed by atoms with van der Waals surface area (Å²) in [7, 11) is -4.21. The Morgan fingerprint density at radius 2 is 1.68 bits per heavy atom. The molecule has 0 radical (unpaired) electrons. The number of sulfonamides is 1. The van der Waals surface area contributed by atoms with Crippen LogP contribution in [0.5, 0.6) is 6.01 Å². The van der Waals surface area contributed by atoms with Gasteiger partial charge in [0.2, 0.25) is 0 Å². The number of hydrogen-bond donors (Lipinski definition) is 3. The van der Waals surface area contributed by atoms with E-state index < -0.39 is 21.7 Å². The molecule has 0 bridgehead atoms. The van der Waals surface area contributed by atoms with E-state index in [-0.39, 0.29) is 58.3 Å². The standard InChI is InChI=1S/C33H53N3O7S/c1-8-22-26-15-20(37)11-13-33(26,7)25-12-14-32(6)23(9-10-24(32)27(25)28(22)38)19(2)18-42-30(39)36-44(40,41)21-16-34-29(35-17-21)43-31(3,4)5/h16-17,19-20,22-28,37-38H,8-15,18H2,1-7H3,(H,36,39)/t19-,20-,22-,23-,24+,25+,26+,27+,28-,32-,33-/m1/s1. The molecule has 5 rings (SSSR count). The summed E-state index contributed by atoms with van der Waals surface area (Å²) in [4.78, 5) is 20.3. The Labute approximate surface area is 263 Å². The van der Waals surface area contributed by atoms with Crippen molar-refractivity contribution in [3.63, 3.8) is 0 Å². The number of fused-ring (bicyclic) bond motifs is 5. The number of nitrogens with one attached hydrogen (secondary N) is 1. The number of carbonyl (C=O) groups excluding carboxylic acids is 1. The first kappa shape index (κ1) is 33.4. The maximum atomic E-state index is 12.8. The first-order valence-corrected chi connectivity index (χ1v) is 18.0. The first-order chi connectivity index (χ1) is 20.5. The Morgan fingerprint density at radius 3 is 2.32 bits per heavy atom. The fourth-order valence-electron chi connectivity index (χ4n) is 10.2. The van der Waals surface area contributed by atoms with Crippen LogP contribution in [0.2, 0.25) is 0 Å². The van der Waals surface area contributed by atoms with Crippen LogP contribution in [0.15, 0.2) is 17.3 Å². The normalized spacial score (nSPS) is 39.4. The number of nitrogens with zero attached hydrogens (tertiary/aromatic N) is 2. The zero-order chi connectivity index (χ0) is 32.2. The van der Waals surface area contributed by atoms with Crippen molar-refractivity contribution in [2.24, 2.45) is 52.3 Å². The molecule has 1 aromatic rings. The highest BCUT2D eigenvalue weighted by atomic mass is 32.2. The minimum Gasteiger partial charge on any atom is -0.458 e. The number of aromatic nitrogens is 2. The van der Waals surface area contributed by atoms with Gasteiger partial charge in [0.1, 0.15) is 10.5 Å². The molecule has 0 spiro atoms. The second kappa shape index (κ2) is 12.0. The average Bonchev–Trinajstić information content (AvgIpc) is 3.29. The third-order valence-corrected chi connectivity index (χ3v) is 13.4. The van der Waals surface area contributed by atoms with Crippen molar-refractivity contribution in [1.82, 2.24) is 14.7 Å². The van der Waals surface area contributed by atoms with E-state index in [0.717, 1.165) is 63.8 Å². The van der Waals surface area contributed by atoms with Crippen LogP contribution < -0.4 is 9.46 Å². The largest absolute Gasteiger partial charge is 0.458 e. The van der Waals surface area contributed by atoms with Crippen LogP contribution in [-0.4, -0.2) is 59.1 Å². The Morgan fingerprint density at radius 1 is 1.05 bits per heavy atom. The van der Waals surface area contributed by atoms with Gasteiger partial charge in [-0.05, 0) is 118 Å². The van der Waals surface area contributed by atoms with Gasteiger partial charge in [-0.15, -0.1) is 0 Å². The third-order valence-electron chi connectivity index (χ3n) is 12.2. The lowest BCUT2D eigenvalue weighted by Gasteiger charge is -2.64. The molecule has 4 saturated carbocycles. The van der Waals surface area contributed by atoms with Crippen LogP contribution in [0.4, 0.5) is 4.79 Å². The molecule has 0 saturated heterocycles. The monoisotopic (exact) mass is 635 g/mol. The lowest BCUT2D eigenvalue weighted by molar-refractivity contribution is -0.203. The second-order valence-electron chi connectivity index (χ2n) is 15.7. The van der Waals surface area contributed by atoms with Crippen molar-refractivity contribution < 1.29 is 32.9 Å². The van der Waals surface area contributed by atoms with Crippen LogP contribution in [-0.2, 0) is 14.8 Å². The van der Waals surface area contributed by atoms with E-state index in [4.69, 9.17) is 9.47 Å². The molecule has 11 atom stereocenters. The SMILES string of the molecule is CC[C@H]1[C@@H](O)[C@@H]2[C@H](CC[C@]3(C)[C@@H]([C@H](C)COC(=O)NS(=O)(=O)c4cnc(OC(C)(C)C)nc4)CC[C@@H]23)[C@@]2(C)CC[C@@H](O)C[C@@H]12. The number of hydrogen-bond acceptors (Lipinski definition) is 9. The van der Waals surface area contributed by atoms with Crippen molar-refractivity contribution >= 4 is 16.1 Å². The van der Waals surface area contributed by atoms with Gasteiger partial charge in [0.15, 0.2) is 0 Å². The van der Waals surface area contributed by atoms with Crippen LogP contribution in [0.3, 0.4) is 0 Å². The lowest BCUT2D eigenvalue weighted by atomic mass is 9.41. The molecule has 4 aliphatic carbocycles. The van der Waals surface area contributed by atoms with Crippen LogP contribution >= 0.6 is 0 Å². The van der Waals surface area contributed by atoms with E-state index in [1.807, 2.05) is 25.5 Å². The highest BCUT2D eigenvalue weighted by Gasteiger charge is 2.65. The quantitative estimate of drug-likeness (QED) is 0.361. The molecule has 0 aliphatic heterocycles. The van der Waals surface area contributed by atoms with E-state index in [9.17, 15) is 23.4 Å². The summed E-state index contributed by atoms with van der Waals surface area (Å²) in [6.07, 6.45) is 8.33. The van der Waals surface area contributed by atoms with E-state index in [0.29, 0.717) is 23.7 Å². The summed E-state index contributed by atoms with van der Waals surface area (Å²) in [6, 6.07) is 0.0441. The molecule has 4 aliphatic rings. The fourth-order valence-corrected chi connectivity index (χ4v) is 11.0. The summed E-state index contributed by atoms with van der Waals surface area (Å²) >= 11 is 0. The molecule has 10 nitrogen and oxygen atoms in total. The van der Waals surface area contributed by atoms with Crippen molar-refractivity contribution in [3.05, 3.63) is 12.4 Å². The number of rotatable bonds is 7. The lowest BCUT2D eigenvalue weighted by Crippen LogP contribution is -2.62. The summed E-state index contributed by atoms with van der Waals surface area (Å²) in [6.45, 7) is 14.7. The minimum absolute atomic E-state index is 0.0113. The second-order valence-corrected chi connectivity index (χ2v) is 17.4. The first-order valence-electron chi connectivity index (χ1n) is 16.6. The number of ether oxygens (including phenoxy) is 2. The van der Waals surface area contributed by atoms with Crippen molar-refractivity contribution in [1.29, 1.82) is 0 Å². The predicted molar refractivity (Wildman–Crippen MR) is 165 cm³/mol. The Bertz CT molecular complexity index is 1300. The van der Waals surface area contributed by atoms with E-state index in [1.54, 1.807) is 0 Å². The predicted octanol–water partition coefficient (Wildman–Crippen LogP) is 5.33. The number of amides is 1. The van der Waals surface area contributed by atoms with Crippen molar-refractivity contribution in [2.75, 3.05) is 6.61 Å². The molecule has 44 heavy (non-hydrogen) atoms. The van der Waals surface area contributed by atoms with Crippen LogP contribution in [0, 0.1) is 52.3 Å². The third kappa shape index (κ3) is 6.09. The van der Waals surface area contributed by atoms with Gasteiger partial charge >= 0.3 is 12.1 Å². The molecular weight excluding hydrogens is 582 g/mol. The molecule has 0 aromatic carbocycles. The summed E-state index contributed by atoms with van der Waals surface area (Å²) in [5, 5.41) is 22.4. The minimum atomic E-state index is -4.21. The van der Waals surface area contributed by atoms with E-state index in [2.05, 4.69) is 37.7 Å². The maximum Gasteiger partial charge on any atom is 0.421 e. The molecule has 1 heterocycles. The molecule has 248 valence electrons. The zero-order valence-electron chi connectivity index (χ0n) is 27.5. The number of aliphatic hydroxyl groups excluding tert-OH is 2. The number of carbonyl (C=O) groups is 1. The van der Waals surface area contributed by atoms with Gasteiger partial charge in [-0.2, -0.15) is 0 Å². The van der Waals surface area contributed by atoms with E-state index in [1.165, 1.54) is 0 Å². The van der Waals surface area contributed by atoms with Gasteiger partial charge in [0.05, 0.1) is 31.2 Å².